The fraction of sp³-hybridized carbons (Fsp3) is 0.300. The first kappa shape index (κ1) is 20.1. The number of amides is 3. The average molecular weight is 396 g/mol. The Bertz CT molecular complexity index is 1040. The largest absolute Gasteiger partial charge is 0.364 e. The zero-order chi connectivity index (χ0) is 21.2. The molecule has 3 amide bonds. The molecule has 152 valence electrons. The number of nitrogens with one attached hydrogen (secondary N) is 2. The standard InChI is InChI=1S/C20H24N6O3/c1-12-6-5-7-13(8-12)26-17(10-16(24-26)20(2,3)4)23-19(28)22-11-14-9-15(18(21)27)25-29-14/h5-10H,11H2,1-4H3,(H2,21,27)(H2,22,23,28). The summed E-state index contributed by atoms with van der Waals surface area (Å²) in [6.45, 7) is 8.21. The van der Waals surface area contributed by atoms with Gasteiger partial charge in [-0.1, -0.05) is 38.1 Å². The van der Waals surface area contributed by atoms with Crippen molar-refractivity contribution >= 4 is 17.8 Å². The van der Waals surface area contributed by atoms with Crippen LogP contribution in [0.1, 0.15) is 48.3 Å². The van der Waals surface area contributed by atoms with Crippen molar-refractivity contribution in [1.82, 2.24) is 20.3 Å². The molecule has 0 saturated carbocycles. The van der Waals surface area contributed by atoms with Crippen LogP contribution in [-0.2, 0) is 12.0 Å². The molecular weight excluding hydrogens is 372 g/mol. The molecule has 9 heteroatoms. The average Bonchev–Trinajstić information content (AvgIpc) is 3.27. The van der Waals surface area contributed by atoms with Crippen molar-refractivity contribution in [1.29, 1.82) is 0 Å². The maximum absolute atomic E-state index is 12.4. The highest BCUT2D eigenvalue weighted by Gasteiger charge is 2.21. The van der Waals surface area contributed by atoms with Gasteiger partial charge in [-0.05, 0) is 24.6 Å². The Labute approximate surface area is 168 Å². The summed E-state index contributed by atoms with van der Waals surface area (Å²) in [5.41, 5.74) is 7.73. The molecule has 0 aliphatic rings. The van der Waals surface area contributed by atoms with Crippen molar-refractivity contribution in [3.05, 3.63) is 59.1 Å². The van der Waals surface area contributed by atoms with Gasteiger partial charge in [0.15, 0.2) is 11.5 Å². The van der Waals surface area contributed by atoms with Crippen molar-refractivity contribution in [3.63, 3.8) is 0 Å². The third-order valence-electron chi connectivity index (χ3n) is 4.20. The Morgan fingerprint density at radius 3 is 2.59 bits per heavy atom. The minimum absolute atomic E-state index is 0.00884. The Hall–Kier alpha value is -3.62. The normalized spacial score (nSPS) is 11.3. The second kappa shape index (κ2) is 7.78. The van der Waals surface area contributed by atoms with E-state index in [-0.39, 0.29) is 17.7 Å². The summed E-state index contributed by atoms with van der Waals surface area (Å²) in [6, 6.07) is 10.6. The predicted octanol–water partition coefficient (Wildman–Crippen LogP) is 2.89. The SMILES string of the molecule is Cc1cccc(-n2nc(C(C)(C)C)cc2NC(=O)NCc2cc(C(N)=O)no2)c1. The lowest BCUT2D eigenvalue weighted by atomic mass is 9.92. The highest BCUT2D eigenvalue weighted by Crippen LogP contribution is 2.26. The van der Waals surface area contributed by atoms with Crippen LogP contribution in [0.15, 0.2) is 40.9 Å². The lowest BCUT2D eigenvalue weighted by molar-refractivity contribution is 0.0991. The van der Waals surface area contributed by atoms with Crippen LogP contribution in [0.5, 0.6) is 0 Å². The van der Waals surface area contributed by atoms with Crippen LogP contribution in [-0.4, -0.2) is 26.9 Å². The molecular formula is C20H24N6O3. The van der Waals surface area contributed by atoms with Crippen molar-refractivity contribution in [2.24, 2.45) is 5.73 Å². The molecule has 1 aromatic carbocycles. The van der Waals surface area contributed by atoms with Crippen LogP contribution in [0.4, 0.5) is 10.6 Å². The van der Waals surface area contributed by atoms with Gasteiger partial charge in [-0.25, -0.2) is 9.48 Å². The van der Waals surface area contributed by atoms with Crippen molar-refractivity contribution in [3.8, 4) is 5.69 Å². The second-order valence-electron chi connectivity index (χ2n) is 7.77. The van der Waals surface area contributed by atoms with E-state index < -0.39 is 11.9 Å². The molecule has 0 aliphatic heterocycles. The molecule has 2 heterocycles. The summed E-state index contributed by atoms with van der Waals surface area (Å²) in [4.78, 5) is 23.5. The first-order chi connectivity index (χ1) is 13.6. The number of carbonyl (C=O) groups excluding carboxylic acids is 2. The molecule has 0 bridgehead atoms. The summed E-state index contributed by atoms with van der Waals surface area (Å²) < 4.78 is 6.67. The van der Waals surface area contributed by atoms with Crippen molar-refractivity contribution < 1.29 is 14.1 Å². The number of rotatable bonds is 5. The zero-order valence-corrected chi connectivity index (χ0v) is 16.8. The van der Waals surface area contributed by atoms with Gasteiger partial charge in [-0.15, -0.1) is 0 Å². The Balaban J connectivity index is 1.78. The molecule has 0 radical (unpaired) electrons. The van der Waals surface area contributed by atoms with E-state index in [1.54, 1.807) is 4.68 Å². The summed E-state index contributed by atoms with van der Waals surface area (Å²) in [5, 5.41) is 13.7. The van der Waals surface area contributed by atoms with E-state index in [0.717, 1.165) is 16.9 Å². The number of nitrogens with two attached hydrogens (primary N) is 1. The van der Waals surface area contributed by atoms with Gasteiger partial charge in [-0.2, -0.15) is 5.10 Å². The fourth-order valence-electron chi connectivity index (χ4n) is 2.63. The van der Waals surface area contributed by atoms with E-state index in [0.29, 0.717) is 11.6 Å². The lowest BCUT2D eigenvalue weighted by Gasteiger charge is -2.14. The van der Waals surface area contributed by atoms with Crippen molar-refractivity contribution in [2.45, 2.75) is 39.7 Å². The fourth-order valence-corrected chi connectivity index (χ4v) is 2.63. The molecule has 0 spiro atoms. The van der Waals surface area contributed by atoms with Crippen LogP contribution in [0, 0.1) is 6.92 Å². The summed E-state index contributed by atoms with van der Waals surface area (Å²) in [5.74, 6) is 0.158. The molecule has 3 rings (SSSR count). The highest BCUT2D eigenvalue weighted by atomic mass is 16.5. The molecule has 0 saturated heterocycles. The van der Waals surface area contributed by atoms with Gasteiger partial charge in [0.05, 0.1) is 17.9 Å². The monoisotopic (exact) mass is 396 g/mol. The number of benzene rings is 1. The molecule has 0 atom stereocenters. The van der Waals surface area contributed by atoms with Crippen LogP contribution in [0.3, 0.4) is 0 Å². The van der Waals surface area contributed by atoms with Gasteiger partial charge < -0.3 is 15.6 Å². The van der Waals surface area contributed by atoms with Gasteiger partial charge in [0.2, 0.25) is 0 Å². The Morgan fingerprint density at radius 2 is 1.97 bits per heavy atom. The van der Waals surface area contributed by atoms with E-state index in [1.165, 1.54) is 6.07 Å². The number of primary amides is 1. The van der Waals surface area contributed by atoms with Gasteiger partial charge in [0.25, 0.3) is 5.91 Å². The summed E-state index contributed by atoms with van der Waals surface area (Å²) >= 11 is 0. The molecule has 3 aromatic rings. The molecule has 4 N–H and O–H groups in total. The number of aromatic nitrogens is 3. The zero-order valence-electron chi connectivity index (χ0n) is 16.8. The second-order valence-corrected chi connectivity index (χ2v) is 7.77. The van der Waals surface area contributed by atoms with Gasteiger partial charge in [-0.3, -0.25) is 10.1 Å². The van der Waals surface area contributed by atoms with E-state index in [2.05, 4.69) is 41.7 Å². The molecule has 0 fully saturated rings. The van der Waals surface area contributed by atoms with Crippen LogP contribution >= 0.6 is 0 Å². The maximum Gasteiger partial charge on any atom is 0.320 e. The quantitative estimate of drug-likeness (QED) is 0.611. The van der Waals surface area contributed by atoms with E-state index in [1.807, 2.05) is 37.3 Å². The molecule has 0 aliphatic carbocycles. The Kier molecular flexibility index (Phi) is 5.40. The molecule has 0 unspecified atom stereocenters. The smallest absolute Gasteiger partial charge is 0.320 e. The number of nitrogens with zero attached hydrogens (tertiary/aromatic N) is 3. The molecule has 9 nitrogen and oxygen atoms in total. The van der Waals surface area contributed by atoms with Gasteiger partial charge in [0, 0.05) is 17.5 Å². The Morgan fingerprint density at radius 1 is 1.21 bits per heavy atom. The maximum atomic E-state index is 12.4. The van der Waals surface area contributed by atoms with Crippen LogP contribution in [0.25, 0.3) is 5.69 Å². The first-order valence-corrected chi connectivity index (χ1v) is 9.11. The number of aryl methyl sites for hydroxylation is 1. The minimum atomic E-state index is -0.693. The number of anilines is 1. The first-order valence-electron chi connectivity index (χ1n) is 9.11. The number of hydrogen-bond donors (Lipinski definition) is 3. The molecule has 29 heavy (non-hydrogen) atoms. The predicted molar refractivity (Wildman–Crippen MR) is 108 cm³/mol. The van der Waals surface area contributed by atoms with Crippen molar-refractivity contribution in [2.75, 3.05) is 5.32 Å². The van der Waals surface area contributed by atoms with Gasteiger partial charge >= 0.3 is 6.03 Å². The van der Waals surface area contributed by atoms with E-state index in [4.69, 9.17) is 10.3 Å². The van der Waals surface area contributed by atoms with E-state index >= 15 is 0 Å². The topological polar surface area (TPSA) is 128 Å². The van der Waals surface area contributed by atoms with Crippen LogP contribution in [0.2, 0.25) is 0 Å². The number of carbonyl (C=O) groups is 2. The highest BCUT2D eigenvalue weighted by molar-refractivity contribution is 5.91. The van der Waals surface area contributed by atoms with Gasteiger partial charge in [0.1, 0.15) is 5.82 Å². The number of urea groups is 1. The third kappa shape index (κ3) is 4.81. The summed E-state index contributed by atoms with van der Waals surface area (Å²) in [7, 11) is 0. The summed E-state index contributed by atoms with van der Waals surface area (Å²) in [6.07, 6.45) is 0. The third-order valence-corrected chi connectivity index (χ3v) is 4.20. The lowest BCUT2D eigenvalue weighted by Crippen LogP contribution is -2.29. The minimum Gasteiger partial charge on any atom is -0.364 e. The van der Waals surface area contributed by atoms with Crippen LogP contribution < -0.4 is 16.4 Å². The molecule has 2 aromatic heterocycles. The number of hydrogen-bond acceptors (Lipinski definition) is 5. The van der Waals surface area contributed by atoms with E-state index in [9.17, 15) is 9.59 Å².